The van der Waals surface area contributed by atoms with Gasteiger partial charge in [-0.2, -0.15) is 0 Å². The van der Waals surface area contributed by atoms with Gasteiger partial charge in [-0.3, -0.25) is 0 Å². The number of nitrogens with zero attached hydrogens (tertiary/aromatic N) is 2. The van der Waals surface area contributed by atoms with Gasteiger partial charge in [-0.05, 0) is 25.7 Å². The first kappa shape index (κ1) is 16.5. The summed E-state index contributed by atoms with van der Waals surface area (Å²) in [5, 5.41) is 0. The van der Waals surface area contributed by atoms with Gasteiger partial charge in [0.15, 0.2) is 0 Å². The molecule has 0 radical (unpaired) electrons. The number of rotatable bonds is 0. The predicted octanol–water partition coefficient (Wildman–Crippen LogP) is 4.60. The van der Waals surface area contributed by atoms with E-state index in [2.05, 4.69) is 0 Å². The second-order valence-corrected chi connectivity index (χ2v) is 6.53. The molecule has 2 aliphatic heterocycles. The van der Waals surface area contributed by atoms with Crippen LogP contribution in [0.1, 0.15) is 25.7 Å². The van der Waals surface area contributed by atoms with Crippen LogP contribution in [0.25, 0.3) is 0 Å². The van der Waals surface area contributed by atoms with Crippen LogP contribution in [0.2, 0.25) is 0 Å². The van der Waals surface area contributed by atoms with Gasteiger partial charge in [0.05, 0.1) is 26.2 Å². The Morgan fingerprint density at radius 3 is 1.53 bits per heavy atom. The predicted molar refractivity (Wildman–Crippen MR) is 59.7 cm³/mol. The Labute approximate surface area is 106 Å². The maximum atomic E-state index is 13.6. The summed E-state index contributed by atoms with van der Waals surface area (Å²) in [7, 11) is -10.7. The summed E-state index contributed by atoms with van der Waals surface area (Å²) in [4.78, 5) is 1.88. The van der Waals surface area contributed by atoms with Crippen molar-refractivity contribution in [1.29, 1.82) is 0 Å². The van der Waals surface area contributed by atoms with Gasteiger partial charge in [0.25, 0.3) is 0 Å². The molecular formula is C9H16F7N2P. The maximum absolute atomic E-state index is 13.6. The summed E-state index contributed by atoms with van der Waals surface area (Å²) < 4.78 is 74.7. The van der Waals surface area contributed by atoms with Crippen molar-refractivity contribution >= 4 is 13.9 Å². The molecule has 10 heteroatoms. The van der Waals surface area contributed by atoms with Crippen molar-refractivity contribution in [2.75, 3.05) is 26.2 Å². The van der Waals surface area contributed by atoms with E-state index in [1.807, 2.05) is 9.48 Å². The van der Waals surface area contributed by atoms with Crippen molar-refractivity contribution in [1.82, 2.24) is 4.90 Å². The van der Waals surface area contributed by atoms with E-state index in [1.54, 1.807) is 0 Å². The van der Waals surface area contributed by atoms with Crippen LogP contribution in [-0.2, 0) is 0 Å². The van der Waals surface area contributed by atoms with E-state index in [0.717, 1.165) is 51.9 Å². The van der Waals surface area contributed by atoms with Crippen molar-refractivity contribution in [3.63, 3.8) is 0 Å². The molecule has 0 aromatic heterocycles. The van der Waals surface area contributed by atoms with Crippen molar-refractivity contribution in [2.24, 2.45) is 0 Å². The zero-order valence-electron chi connectivity index (χ0n) is 10.1. The fourth-order valence-corrected chi connectivity index (χ4v) is 2.00. The summed E-state index contributed by atoms with van der Waals surface area (Å²) in [6.45, 7) is 3.68. The van der Waals surface area contributed by atoms with E-state index in [-0.39, 0.29) is 6.09 Å². The molecule has 0 saturated carbocycles. The van der Waals surface area contributed by atoms with Gasteiger partial charge in [-0.25, -0.2) is 9.48 Å². The molecule has 0 aromatic rings. The van der Waals surface area contributed by atoms with Crippen molar-refractivity contribution in [3.05, 3.63) is 0 Å². The summed E-state index contributed by atoms with van der Waals surface area (Å²) in [6, 6.07) is 0. The number of likely N-dealkylation sites (tertiary alicyclic amines) is 1. The van der Waals surface area contributed by atoms with Gasteiger partial charge in [-0.1, -0.05) is 0 Å². The van der Waals surface area contributed by atoms with E-state index < -0.39 is 7.81 Å². The molecule has 2 heterocycles. The van der Waals surface area contributed by atoms with Crippen molar-refractivity contribution < 1.29 is 34.1 Å². The zero-order chi connectivity index (χ0) is 14.8. The molecular weight excluding hydrogens is 300 g/mol. The van der Waals surface area contributed by atoms with Gasteiger partial charge in [0.1, 0.15) is 0 Å². The Morgan fingerprint density at radius 1 is 0.789 bits per heavy atom. The topological polar surface area (TPSA) is 6.25 Å². The standard InChI is InChI=1S/C9H16FN2.F6P/c10-9(11-5-1-2-6-11)12-7-3-4-8-12;1-7(2,3,4,5)6/h1-8H2;/q+1;-1. The summed E-state index contributed by atoms with van der Waals surface area (Å²) in [6.07, 6.45) is 4.65. The van der Waals surface area contributed by atoms with Crippen LogP contribution in [0.4, 0.5) is 29.6 Å². The van der Waals surface area contributed by atoms with Gasteiger partial charge in [0, 0.05) is 0 Å². The number of halogens is 7. The summed E-state index contributed by atoms with van der Waals surface area (Å²) in [5.74, 6) is 0. The Balaban J connectivity index is 0.000000224. The Hall–Kier alpha value is -0.590. The quantitative estimate of drug-likeness (QED) is 0.208. The van der Waals surface area contributed by atoms with Gasteiger partial charge in [0.2, 0.25) is 0 Å². The van der Waals surface area contributed by atoms with E-state index in [0.29, 0.717) is 0 Å². The van der Waals surface area contributed by atoms with E-state index in [1.165, 1.54) is 0 Å². The minimum atomic E-state index is -10.7. The first-order chi connectivity index (χ1) is 8.33. The molecule has 0 spiro atoms. The van der Waals surface area contributed by atoms with E-state index in [4.69, 9.17) is 0 Å². The average Bonchev–Trinajstić information content (AvgIpc) is 2.86. The van der Waals surface area contributed by atoms with Gasteiger partial charge < -0.3 is 0 Å². The SMILES string of the molecule is FC(N1CCCC1)=[N+]1CCCC1.F[P-](F)(F)(F)(F)F. The molecule has 0 N–H and O–H groups in total. The van der Waals surface area contributed by atoms with Crippen molar-refractivity contribution in [2.45, 2.75) is 25.7 Å². The number of hydrogen-bond donors (Lipinski definition) is 0. The average molecular weight is 316 g/mol. The molecule has 19 heavy (non-hydrogen) atoms. The first-order valence-corrected chi connectivity index (χ1v) is 7.94. The number of amidine groups is 1. The molecule has 116 valence electrons. The second kappa shape index (κ2) is 4.75. The molecule has 0 amide bonds. The van der Waals surface area contributed by atoms with Crippen LogP contribution in [0.5, 0.6) is 0 Å². The van der Waals surface area contributed by atoms with Crippen LogP contribution < -0.4 is 0 Å². The normalized spacial score (nSPS) is 23.5. The summed E-state index contributed by atoms with van der Waals surface area (Å²) >= 11 is 0. The van der Waals surface area contributed by atoms with Gasteiger partial charge >= 0.3 is 39.1 Å². The number of hydrogen-bond acceptors (Lipinski definition) is 0. The molecule has 2 fully saturated rings. The molecule has 0 aromatic carbocycles. The van der Waals surface area contributed by atoms with E-state index in [9.17, 15) is 29.6 Å². The second-order valence-electron chi connectivity index (χ2n) is 4.62. The Morgan fingerprint density at radius 2 is 1.16 bits per heavy atom. The first-order valence-electron chi connectivity index (χ1n) is 5.92. The molecule has 0 aliphatic carbocycles. The molecule has 2 nitrogen and oxygen atoms in total. The van der Waals surface area contributed by atoms with Crippen LogP contribution >= 0.6 is 7.81 Å². The van der Waals surface area contributed by atoms with Crippen LogP contribution in [0.15, 0.2) is 0 Å². The molecule has 0 atom stereocenters. The van der Waals surface area contributed by atoms with E-state index >= 15 is 0 Å². The molecule has 2 rings (SSSR count). The van der Waals surface area contributed by atoms with Crippen LogP contribution in [0.3, 0.4) is 0 Å². The summed E-state index contributed by atoms with van der Waals surface area (Å²) in [5.41, 5.74) is 0. The zero-order valence-corrected chi connectivity index (χ0v) is 11.0. The Bertz CT molecular complexity index is 335. The van der Waals surface area contributed by atoms with Gasteiger partial charge in [-0.15, -0.1) is 4.39 Å². The Kier molecular flexibility index (Phi) is 4.12. The third kappa shape index (κ3) is 9.02. The minimum absolute atomic E-state index is 0.0324. The molecule has 0 bridgehead atoms. The fourth-order valence-electron chi connectivity index (χ4n) is 2.00. The molecule has 2 aliphatic rings. The van der Waals surface area contributed by atoms with Crippen LogP contribution in [-0.4, -0.2) is 41.7 Å². The molecule has 0 unspecified atom stereocenters. The van der Waals surface area contributed by atoms with Crippen molar-refractivity contribution in [3.8, 4) is 0 Å². The van der Waals surface area contributed by atoms with Crippen LogP contribution in [0, 0.1) is 0 Å². The third-order valence-electron chi connectivity index (χ3n) is 2.73. The third-order valence-corrected chi connectivity index (χ3v) is 2.73. The fraction of sp³-hybridized carbons (Fsp3) is 0.889. The molecule has 2 saturated heterocycles. The monoisotopic (exact) mass is 316 g/mol.